The monoisotopic (exact) mass is 1030 g/mol. The molecule has 2 fully saturated rings. The van der Waals surface area contributed by atoms with E-state index in [1.807, 2.05) is 6.07 Å². The van der Waals surface area contributed by atoms with E-state index < -0.39 is 23.0 Å². The number of Topliss-reactive ketones (excluding diaryl/α,β-unsaturated/α-hetero) is 1. The topological polar surface area (TPSA) is 94.8 Å². The Morgan fingerprint density at radius 3 is 1.11 bits per heavy atom. The van der Waals surface area contributed by atoms with Gasteiger partial charge in [0.05, 0.1) is 17.6 Å². The normalized spacial score (nSPS) is 15.1. The number of aliphatic hydroxyl groups is 2. The van der Waals surface area contributed by atoms with Crippen LogP contribution in [0.4, 0.5) is 8.78 Å². The minimum Gasteiger partial charge on any atom is -0.481 e. The van der Waals surface area contributed by atoms with Gasteiger partial charge in [0, 0.05) is 17.3 Å². The van der Waals surface area contributed by atoms with Gasteiger partial charge in [0.1, 0.15) is 17.4 Å². The van der Waals surface area contributed by atoms with Crippen LogP contribution in [0.5, 0.6) is 0 Å². The molecule has 2 aliphatic carbocycles. The number of halogens is 2. The Bertz CT molecular complexity index is 2800. The molecule has 3 N–H and O–H groups in total. The van der Waals surface area contributed by atoms with E-state index in [-0.39, 0.29) is 40.8 Å². The van der Waals surface area contributed by atoms with Crippen molar-refractivity contribution >= 4 is 11.8 Å². The second kappa shape index (κ2) is 24.7. The maximum atomic E-state index is 14.7. The van der Waals surface area contributed by atoms with E-state index in [9.17, 15) is 28.6 Å². The molecule has 0 amide bonds. The lowest BCUT2D eigenvalue weighted by atomic mass is 9.69. The van der Waals surface area contributed by atoms with Crippen LogP contribution in [-0.2, 0) is 46.1 Å². The van der Waals surface area contributed by atoms with Crippen molar-refractivity contribution in [3.8, 4) is 22.3 Å². The third-order valence-corrected chi connectivity index (χ3v) is 18.1. The van der Waals surface area contributed by atoms with Gasteiger partial charge in [0.2, 0.25) is 0 Å². The van der Waals surface area contributed by atoms with Crippen LogP contribution in [0, 0.1) is 39.3 Å². The molecule has 0 atom stereocenters. The van der Waals surface area contributed by atoms with Crippen LogP contribution in [0.1, 0.15) is 191 Å². The highest BCUT2D eigenvalue weighted by Gasteiger charge is 2.35. The molecule has 0 aliphatic heterocycles. The van der Waals surface area contributed by atoms with Crippen LogP contribution in [0.25, 0.3) is 22.3 Å². The SMILES string of the molecule is CCC(CC)(c1ccc(CCC2(O)CCCC2)c(C)c1)c1ccc(-c2ccc(CC(=O)O)c(F)c2)c(C)c1.CCC(CC)(c1ccc(CCC2(O)CCCC2)c(C)c1)c1ccc(-c2ccc(CC(C)=O)c(F)c2)c(C)c1. The van der Waals surface area contributed by atoms with Crippen LogP contribution in [0.2, 0.25) is 0 Å². The van der Waals surface area contributed by atoms with Gasteiger partial charge in [-0.1, -0.05) is 150 Å². The zero-order valence-corrected chi connectivity index (χ0v) is 47.0. The number of carbonyl (C=O) groups excluding carboxylic acids is 1. The van der Waals surface area contributed by atoms with Crippen molar-refractivity contribution < 1.29 is 33.7 Å². The predicted molar refractivity (Wildman–Crippen MR) is 307 cm³/mol. The van der Waals surface area contributed by atoms with Crippen molar-refractivity contribution in [1.29, 1.82) is 0 Å². The molecule has 2 saturated carbocycles. The summed E-state index contributed by atoms with van der Waals surface area (Å²) in [5.41, 5.74) is 15.6. The summed E-state index contributed by atoms with van der Waals surface area (Å²) in [4.78, 5) is 22.4. The Hall–Kier alpha value is -5.76. The van der Waals surface area contributed by atoms with Crippen LogP contribution in [0.3, 0.4) is 0 Å². The van der Waals surface area contributed by atoms with Crippen LogP contribution in [-0.4, -0.2) is 38.3 Å². The van der Waals surface area contributed by atoms with Gasteiger partial charge < -0.3 is 15.3 Å². The summed E-state index contributed by atoms with van der Waals surface area (Å²) in [6.07, 6.45) is 15.4. The second-order valence-electron chi connectivity index (χ2n) is 22.8. The molecule has 2 aliphatic rings. The molecule has 0 unspecified atom stereocenters. The van der Waals surface area contributed by atoms with E-state index in [2.05, 4.69) is 128 Å². The lowest BCUT2D eigenvalue weighted by molar-refractivity contribution is -0.136. The van der Waals surface area contributed by atoms with E-state index in [0.29, 0.717) is 5.56 Å². The fraction of sp³-hybridized carbons (Fsp3) is 0.449. The Labute approximate surface area is 453 Å². The number of carboxylic acid groups (broad SMARTS) is 1. The lowest BCUT2D eigenvalue weighted by Gasteiger charge is -2.34. The zero-order valence-electron chi connectivity index (χ0n) is 47.0. The van der Waals surface area contributed by atoms with E-state index in [0.717, 1.165) is 136 Å². The van der Waals surface area contributed by atoms with Crippen molar-refractivity contribution in [1.82, 2.24) is 0 Å². The lowest BCUT2D eigenvalue weighted by Crippen LogP contribution is -2.27. The molecule has 0 radical (unpaired) electrons. The summed E-state index contributed by atoms with van der Waals surface area (Å²) in [6.45, 7) is 19.0. The maximum Gasteiger partial charge on any atom is 0.307 e. The highest BCUT2D eigenvalue weighted by molar-refractivity contribution is 5.79. The molecule has 6 aromatic carbocycles. The average Bonchev–Trinajstić information content (AvgIpc) is 4.04. The standard InChI is InChI=1S/C35H43FO2.C34H41FO3/c1-6-35(7-2,30-13-12-27(24(3)20-30)16-19-34(38)17-8-9-18-34)31-14-15-32(25(4)21-31)28-10-11-29(22-26(5)37)33(36)23-28;1-5-34(6-2,28-12-11-25(23(3)19-28)15-18-33(38)16-7-8-17-33)29-13-14-30(24(4)20-29)26-9-10-27(22-32(36)37)31(35)21-26/h10-15,20-21,23,38H,6-9,16-19,22H2,1-5H3;9-14,19-21,38H,5-8,15-18,22H2,1-4H3,(H,36,37). The summed E-state index contributed by atoms with van der Waals surface area (Å²) in [5, 5.41) is 30.6. The number of hydrogen-bond donors (Lipinski definition) is 3. The molecular weight excluding hydrogens is 947 g/mol. The summed E-state index contributed by atoms with van der Waals surface area (Å²) in [7, 11) is 0. The Morgan fingerprint density at radius 2 is 0.803 bits per heavy atom. The number of carbonyl (C=O) groups is 2. The fourth-order valence-corrected chi connectivity index (χ4v) is 13.0. The molecule has 0 heterocycles. The molecular formula is C69H84F2O5. The molecule has 0 bridgehead atoms. The number of aryl methyl sites for hydroxylation is 6. The van der Waals surface area contributed by atoms with Crippen molar-refractivity contribution in [2.45, 2.75) is 200 Å². The molecule has 5 nitrogen and oxygen atoms in total. The molecule has 0 saturated heterocycles. The van der Waals surface area contributed by atoms with Crippen molar-refractivity contribution in [2.24, 2.45) is 0 Å². The molecule has 6 aromatic rings. The molecule has 404 valence electrons. The number of carboxylic acids is 1. The number of aliphatic carboxylic acids is 1. The molecule has 76 heavy (non-hydrogen) atoms. The Kier molecular flexibility index (Phi) is 18.8. The van der Waals surface area contributed by atoms with Gasteiger partial charge >= 0.3 is 5.97 Å². The number of hydrogen-bond acceptors (Lipinski definition) is 4. The minimum atomic E-state index is -1.04. The summed E-state index contributed by atoms with van der Waals surface area (Å²) < 4.78 is 29.3. The van der Waals surface area contributed by atoms with E-state index >= 15 is 0 Å². The first-order valence-corrected chi connectivity index (χ1v) is 28.4. The fourth-order valence-electron chi connectivity index (χ4n) is 13.0. The third-order valence-electron chi connectivity index (χ3n) is 18.1. The molecule has 0 spiro atoms. The maximum absolute atomic E-state index is 14.7. The van der Waals surface area contributed by atoms with Crippen molar-refractivity contribution in [3.05, 3.63) is 188 Å². The van der Waals surface area contributed by atoms with Crippen LogP contribution in [0.15, 0.2) is 109 Å². The third kappa shape index (κ3) is 13.0. The predicted octanol–water partition coefficient (Wildman–Crippen LogP) is 16.7. The van der Waals surface area contributed by atoms with Crippen molar-refractivity contribution in [3.63, 3.8) is 0 Å². The van der Waals surface area contributed by atoms with Gasteiger partial charge in [-0.3, -0.25) is 9.59 Å². The smallest absolute Gasteiger partial charge is 0.307 e. The first-order chi connectivity index (χ1) is 36.2. The van der Waals surface area contributed by atoms with Gasteiger partial charge in [-0.05, 0) is 213 Å². The summed E-state index contributed by atoms with van der Waals surface area (Å²) in [6, 6.07) is 36.9. The summed E-state index contributed by atoms with van der Waals surface area (Å²) in [5.74, 6) is -1.89. The quantitative estimate of drug-likeness (QED) is 0.0708. The van der Waals surface area contributed by atoms with Crippen molar-refractivity contribution in [2.75, 3.05) is 0 Å². The largest absolute Gasteiger partial charge is 0.481 e. The number of benzene rings is 6. The van der Waals surface area contributed by atoms with E-state index in [4.69, 9.17) is 5.11 Å². The average molecular weight is 1030 g/mol. The van der Waals surface area contributed by atoms with E-state index in [1.54, 1.807) is 24.3 Å². The number of rotatable bonds is 20. The minimum absolute atomic E-state index is 0.0398. The highest BCUT2D eigenvalue weighted by atomic mass is 19.1. The second-order valence-corrected chi connectivity index (χ2v) is 22.8. The zero-order chi connectivity index (χ0) is 55.0. The van der Waals surface area contributed by atoms with E-state index in [1.165, 1.54) is 57.5 Å². The number of ketones is 1. The first-order valence-electron chi connectivity index (χ1n) is 28.4. The molecule has 7 heteroatoms. The van der Waals surface area contributed by atoms with Crippen LogP contribution < -0.4 is 0 Å². The molecule has 8 rings (SSSR count). The molecule has 0 aromatic heterocycles. The van der Waals surface area contributed by atoms with Gasteiger partial charge in [-0.25, -0.2) is 8.78 Å². The van der Waals surface area contributed by atoms with Gasteiger partial charge in [-0.2, -0.15) is 0 Å². The first kappa shape index (κ1) is 57.9. The summed E-state index contributed by atoms with van der Waals surface area (Å²) >= 11 is 0. The van der Waals surface area contributed by atoms with Gasteiger partial charge in [0.15, 0.2) is 0 Å². The Balaban J connectivity index is 0.000000221. The Morgan fingerprint density at radius 1 is 0.474 bits per heavy atom. The van der Waals surface area contributed by atoms with Gasteiger partial charge in [0.25, 0.3) is 0 Å². The van der Waals surface area contributed by atoms with Gasteiger partial charge in [-0.15, -0.1) is 0 Å². The highest BCUT2D eigenvalue weighted by Crippen LogP contribution is 2.44. The van der Waals surface area contributed by atoms with Crippen LogP contribution >= 0.6 is 0 Å².